The maximum Gasteiger partial charge on any atom is 0.419 e. The fourth-order valence-electron chi connectivity index (χ4n) is 4.13. The summed E-state index contributed by atoms with van der Waals surface area (Å²) in [6.07, 6.45) is 1.96. The second-order valence-electron chi connectivity index (χ2n) is 8.96. The van der Waals surface area contributed by atoms with E-state index in [1.54, 1.807) is 6.20 Å². The number of carbonyl (C=O) groups is 2. The zero-order chi connectivity index (χ0) is 22.6. The van der Waals surface area contributed by atoms with Gasteiger partial charge in [-0.2, -0.15) is 0 Å². The van der Waals surface area contributed by atoms with Crippen LogP contribution in [-0.2, 0) is 9.47 Å². The fourth-order valence-corrected chi connectivity index (χ4v) is 4.13. The Bertz CT molecular complexity index is 1280. The lowest BCUT2D eigenvalue weighted by Gasteiger charge is -2.33. The standard InChI is InChI=1S/C25H22FNO5/c1-25(2,3)32-24(29)27-12-17(15-6-4-5-7-19(15)27)20-11-22-18(13-30-20)23(28)16-9-8-14(26)10-21(16)31-22/h4-10,12-13,20,22H,11H2,1-3H3/t20-,22+/m1/s1. The molecule has 0 N–H and O–H groups in total. The first-order valence-corrected chi connectivity index (χ1v) is 10.4. The van der Waals surface area contributed by atoms with E-state index in [0.29, 0.717) is 23.1 Å². The molecule has 5 rings (SSSR count). The van der Waals surface area contributed by atoms with E-state index < -0.39 is 29.7 Å². The predicted molar refractivity (Wildman–Crippen MR) is 115 cm³/mol. The third kappa shape index (κ3) is 3.43. The first-order chi connectivity index (χ1) is 15.2. The van der Waals surface area contributed by atoms with E-state index in [2.05, 4.69) is 0 Å². The largest absolute Gasteiger partial charge is 0.493 e. The van der Waals surface area contributed by atoms with Crippen molar-refractivity contribution in [1.29, 1.82) is 0 Å². The normalized spacial score (nSPS) is 20.0. The number of nitrogens with zero attached hydrogens (tertiary/aromatic N) is 1. The number of benzene rings is 2. The number of para-hydroxylation sites is 1. The van der Waals surface area contributed by atoms with Crippen LogP contribution in [0.15, 0.2) is 60.5 Å². The van der Waals surface area contributed by atoms with Gasteiger partial charge >= 0.3 is 6.09 Å². The van der Waals surface area contributed by atoms with Crippen LogP contribution in [0, 0.1) is 5.82 Å². The monoisotopic (exact) mass is 435 g/mol. The molecule has 32 heavy (non-hydrogen) atoms. The zero-order valence-corrected chi connectivity index (χ0v) is 17.9. The summed E-state index contributed by atoms with van der Waals surface area (Å²) in [4.78, 5) is 25.6. The lowest BCUT2D eigenvalue weighted by Crippen LogP contribution is -2.34. The quantitative estimate of drug-likeness (QED) is 0.501. The van der Waals surface area contributed by atoms with E-state index in [1.165, 1.54) is 29.0 Å². The topological polar surface area (TPSA) is 66.8 Å². The average molecular weight is 435 g/mol. The summed E-state index contributed by atoms with van der Waals surface area (Å²) < 4.78 is 32.6. The SMILES string of the molecule is CC(C)(C)OC(=O)n1cc([C@H]2C[C@@H]3Oc4cc(F)ccc4C(=O)C3=CO2)c2ccccc21. The van der Waals surface area contributed by atoms with Gasteiger partial charge in [-0.15, -0.1) is 0 Å². The molecule has 3 aromatic rings. The highest BCUT2D eigenvalue weighted by atomic mass is 19.1. The van der Waals surface area contributed by atoms with Crippen molar-refractivity contribution in [1.82, 2.24) is 4.57 Å². The van der Waals surface area contributed by atoms with E-state index >= 15 is 0 Å². The Kier molecular flexibility index (Phi) is 4.58. The molecule has 2 aliphatic rings. The second kappa shape index (κ2) is 7.22. The number of fused-ring (bicyclic) bond motifs is 3. The van der Waals surface area contributed by atoms with Crippen LogP contribution in [0.5, 0.6) is 5.75 Å². The van der Waals surface area contributed by atoms with Gasteiger partial charge in [0.1, 0.15) is 29.4 Å². The fraction of sp³-hybridized carbons (Fsp3) is 0.280. The van der Waals surface area contributed by atoms with Crippen molar-refractivity contribution in [3.8, 4) is 5.75 Å². The van der Waals surface area contributed by atoms with Gasteiger partial charge in [-0.05, 0) is 39.0 Å². The number of ketones is 1. The lowest BCUT2D eigenvalue weighted by atomic mass is 9.89. The van der Waals surface area contributed by atoms with Crippen LogP contribution in [0.1, 0.15) is 49.2 Å². The van der Waals surface area contributed by atoms with Crippen molar-refractivity contribution in [2.24, 2.45) is 0 Å². The summed E-state index contributed by atoms with van der Waals surface area (Å²) in [5, 5.41) is 0.841. The maximum atomic E-state index is 13.7. The smallest absolute Gasteiger partial charge is 0.419 e. The number of aromatic nitrogens is 1. The van der Waals surface area contributed by atoms with Crippen molar-refractivity contribution in [3.63, 3.8) is 0 Å². The molecule has 1 aromatic heterocycles. The molecule has 7 heteroatoms. The Hall–Kier alpha value is -3.61. The molecule has 0 fully saturated rings. The highest BCUT2D eigenvalue weighted by Gasteiger charge is 2.38. The summed E-state index contributed by atoms with van der Waals surface area (Å²) in [6, 6.07) is 11.4. The number of halogens is 1. The Morgan fingerprint density at radius 2 is 1.94 bits per heavy atom. The molecule has 6 nitrogen and oxygen atoms in total. The van der Waals surface area contributed by atoms with Crippen molar-refractivity contribution < 1.29 is 28.2 Å². The third-order valence-corrected chi connectivity index (χ3v) is 5.53. The van der Waals surface area contributed by atoms with E-state index in [9.17, 15) is 14.0 Å². The number of carbonyl (C=O) groups excluding carboxylic acids is 2. The summed E-state index contributed by atoms with van der Waals surface area (Å²) in [5.74, 6) is -0.465. The number of Topliss-reactive ketones (excluding diaryl/α,β-unsaturated/α-hetero) is 1. The molecular formula is C25H22FNO5. The molecule has 0 unspecified atom stereocenters. The molecule has 0 radical (unpaired) electrons. The van der Waals surface area contributed by atoms with Gasteiger partial charge in [0.25, 0.3) is 0 Å². The molecule has 3 heterocycles. The summed E-state index contributed by atoms with van der Waals surface area (Å²) in [5.41, 5.74) is 1.56. The molecule has 0 spiro atoms. The van der Waals surface area contributed by atoms with Crippen LogP contribution in [0.25, 0.3) is 10.9 Å². The van der Waals surface area contributed by atoms with Crippen LogP contribution in [0.2, 0.25) is 0 Å². The average Bonchev–Trinajstić information content (AvgIpc) is 3.12. The van der Waals surface area contributed by atoms with E-state index in [4.69, 9.17) is 14.2 Å². The molecular weight excluding hydrogens is 413 g/mol. The Morgan fingerprint density at radius 1 is 1.16 bits per heavy atom. The molecule has 0 bridgehead atoms. The number of ether oxygens (including phenoxy) is 3. The second-order valence-corrected chi connectivity index (χ2v) is 8.96. The number of hydrogen-bond acceptors (Lipinski definition) is 5. The summed E-state index contributed by atoms with van der Waals surface area (Å²) >= 11 is 0. The highest BCUT2D eigenvalue weighted by molar-refractivity contribution is 6.12. The van der Waals surface area contributed by atoms with Gasteiger partial charge < -0.3 is 14.2 Å². The van der Waals surface area contributed by atoms with Crippen LogP contribution in [0.4, 0.5) is 9.18 Å². The van der Waals surface area contributed by atoms with Gasteiger partial charge in [0.15, 0.2) is 5.78 Å². The van der Waals surface area contributed by atoms with Gasteiger partial charge in [0.2, 0.25) is 0 Å². The molecule has 164 valence electrons. The molecule has 0 saturated heterocycles. The van der Waals surface area contributed by atoms with Crippen LogP contribution in [0.3, 0.4) is 0 Å². The Labute approximate surface area is 184 Å². The van der Waals surface area contributed by atoms with Crippen molar-refractivity contribution in [3.05, 3.63) is 77.4 Å². The highest BCUT2D eigenvalue weighted by Crippen LogP contribution is 2.41. The van der Waals surface area contributed by atoms with Gasteiger partial charge in [0.05, 0.1) is 22.9 Å². The number of rotatable bonds is 1. The summed E-state index contributed by atoms with van der Waals surface area (Å²) in [6.45, 7) is 5.44. The van der Waals surface area contributed by atoms with Crippen LogP contribution in [-0.4, -0.2) is 28.1 Å². The van der Waals surface area contributed by atoms with E-state index in [1.807, 2.05) is 45.0 Å². The van der Waals surface area contributed by atoms with E-state index in [0.717, 1.165) is 10.9 Å². The van der Waals surface area contributed by atoms with Crippen molar-refractivity contribution >= 4 is 22.8 Å². The minimum absolute atomic E-state index is 0.231. The maximum absolute atomic E-state index is 13.7. The lowest BCUT2D eigenvalue weighted by molar-refractivity contribution is 0.0531. The molecule has 2 aromatic carbocycles. The Morgan fingerprint density at radius 3 is 2.72 bits per heavy atom. The third-order valence-electron chi connectivity index (χ3n) is 5.53. The first kappa shape index (κ1) is 20.3. The van der Waals surface area contributed by atoms with Gasteiger partial charge in [-0.3, -0.25) is 9.36 Å². The molecule has 2 atom stereocenters. The minimum atomic E-state index is -0.638. The molecule has 0 saturated carbocycles. The minimum Gasteiger partial charge on any atom is -0.493 e. The van der Waals surface area contributed by atoms with E-state index in [-0.39, 0.29) is 11.5 Å². The predicted octanol–water partition coefficient (Wildman–Crippen LogP) is 5.55. The van der Waals surface area contributed by atoms with Gasteiger partial charge in [-0.1, -0.05) is 18.2 Å². The van der Waals surface area contributed by atoms with Crippen LogP contribution >= 0.6 is 0 Å². The van der Waals surface area contributed by atoms with Gasteiger partial charge in [-0.25, -0.2) is 9.18 Å². The van der Waals surface area contributed by atoms with Gasteiger partial charge in [0, 0.05) is 29.6 Å². The zero-order valence-electron chi connectivity index (χ0n) is 17.9. The number of hydrogen-bond donors (Lipinski definition) is 0. The first-order valence-electron chi connectivity index (χ1n) is 10.4. The van der Waals surface area contributed by atoms with Crippen molar-refractivity contribution in [2.75, 3.05) is 0 Å². The van der Waals surface area contributed by atoms with Crippen molar-refractivity contribution in [2.45, 2.75) is 45.0 Å². The molecule has 0 amide bonds. The molecule has 0 aliphatic carbocycles. The summed E-state index contributed by atoms with van der Waals surface area (Å²) in [7, 11) is 0. The van der Waals surface area contributed by atoms with Crippen LogP contribution < -0.4 is 4.74 Å². The Balaban J connectivity index is 1.50. The molecule has 2 aliphatic heterocycles.